The Hall–Kier alpha value is -3.22. The van der Waals surface area contributed by atoms with E-state index in [9.17, 15) is 19.8 Å². The van der Waals surface area contributed by atoms with Gasteiger partial charge in [0, 0.05) is 24.6 Å². The van der Waals surface area contributed by atoms with Crippen LogP contribution in [-0.4, -0.2) is 22.2 Å². The lowest BCUT2D eigenvalue weighted by atomic mass is 10.0. The van der Waals surface area contributed by atoms with Gasteiger partial charge in [0.1, 0.15) is 22.8 Å². The van der Waals surface area contributed by atoms with Gasteiger partial charge in [-0.1, -0.05) is 0 Å². The van der Waals surface area contributed by atoms with E-state index in [4.69, 9.17) is 8.83 Å². The number of rotatable bonds is 6. The molecule has 2 heterocycles. The van der Waals surface area contributed by atoms with Crippen LogP contribution < -0.4 is 10.9 Å². The molecule has 1 atom stereocenters. The largest absolute Gasteiger partial charge is 0.508 e. The molecule has 0 bridgehead atoms. The van der Waals surface area contributed by atoms with E-state index in [-0.39, 0.29) is 41.0 Å². The van der Waals surface area contributed by atoms with E-state index in [0.717, 1.165) is 11.8 Å². The second kappa shape index (κ2) is 7.57. The summed E-state index contributed by atoms with van der Waals surface area (Å²) in [5.41, 5.74) is 0.0470. The number of aromatic hydroxyl groups is 2. The highest BCUT2D eigenvalue weighted by Crippen LogP contribution is 2.32. The van der Waals surface area contributed by atoms with Gasteiger partial charge in [-0.2, -0.15) is 0 Å². The lowest BCUT2D eigenvalue weighted by Crippen LogP contribution is -2.35. The summed E-state index contributed by atoms with van der Waals surface area (Å²) in [6.45, 7) is 3.52. The number of phenolic OH excluding ortho intramolecular Hbond substituents is 2. The Morgan fingerprint density at radius 3 is 2.78 bits per heavy atom. The standard InChI is InChI=1S/C20H21NO6/c1-11(5-6-14-4-3-7-26-14)21-18(24)10-15-12(2)19-16(23)8-13(22)9-17(19)27-20(15)25/h3-4,7-9,11,22-23H,5-6,10H2,1-2H3,(H,21,24)/t11-/m0/s1. The maximum absolute atomic E-state index is 12.3. The SMILES string of the molecule is Cc1c(CC(=O)N[C@@H](C)CCc2ccco2)c(=O)oc2cc(O)cc(O)c12. The van der Waals surface area contributed by atoms with E-state index >= 15 is 0 Å². The van der Waals surface area contributed by atoms with Crippen molar-refractivity contribution in [3.63, 3.8) is 0 Å². The smallest absolute Gasteiger partial charge is 0.340 e. The Bertz CT molecular complexity index is 1020. The number of aryl methyl sites for hydroxylation is 2. The van der Waals surface area contributed by atoms with Crippen molar-refractivity contribution in [3.8, 4) is 11.5 Å². The number of hydrogen-bond acceptors (Lipinski definition) is 6. The van der Waals surface area contributed by atoms with Crippen molar-refractivity contribution in [2.45, 2.75) is 39.2 Å². The molecule has 142 valence electrons. The summed E-state index contributed by atoms with van der Waals surface area (Å²) in [6, 6.07) is 6.01. The van der Waals surface area contributed by atoms with Gasteiger partial charge in [0.15, 0.2) is 0 Å². The number of hydrogen-bond donors (Lipinski definition) is 3. The van der Waals surface area contributed by atoms with E-state index in [1.807, 2.05) is 19.1 Å². The van der Waals surface area contributed by atoms with E-state index < -0.39 is 5.63 Å². The van der Waals surface area contributed by atoms with Crippen LogP contribution in [0.25, 0.3) is 11.0 Å². The van der Waals surface area contributed by atoms with E-state index in [1.165, 1.54) is 6.07 Å². The molecule has 27 heavy (non-hydrogen) atoms. The van der Waals surface area contributed by atoms with Crippen LogP contribution in [0.5, 0.6) is 11.5 Å². The van der Waals surface area contributed by atoms with Crippen molar-refractivity contribution in [2.24, 2.45) is 0 Å². The molecule has 7 nitrogen and oxygen atoms in total. The van der Waals surface area contributed by atoms with Gasteiger partial charge in [0.25, 0.3) is 0 Å². The van der Waals surface area contributed by atoms with Crippen molar-refractivity contribution in [1.29, 1.82) is 0 Å². The van der Waals surface area contributed by atoms with Crippen LogP contribution in [0.15, 0.2) is 44.2 Å². The summed E-state index contributed by atoms with van der Waals surface area (Å²) in [4.78, 5) is 24.6. The van der Waals surface area contributed by atoms with Crippen molar-refractivity contribution in [2.75, 3.05) is 0 Å². The Kier molecular flexibility index (Phi) is 5.21. The number of carbonyl (C=O) groups is 1. The maximum atomic E-state index is 12.3. The first kappa shape index (κ1) is 18.6. The molecule has 7 heteroatoms. The lowest BCUT2D eigenvalue weighted by molar-refractivity contribution is -0.121. The molecule has 3 N–H and O–H groups in total. The molecule has 0 radical (unpaired) electrons. The highest BCUT2D eigenvalue weighted by molar-refractivity contribution is 5.90. The number of carbonyl (C=O) groups excluding carboxylic acids is 1. The minimum Gasteiger partial charge on any atom is -0.508 e. The number of furan rings is 1. The fourth-order valence-electron chi connectivity index (χ4n) is 3.09. The van der Waals surface area contributed by atoms with Crippen LogP contribution in [-0.2, 0) is 17.6 Å². The highest BCUT2D eigenvalue weighted by Gasteiger charge is 2.18. The van der Waals surface area contributed by atoms with Gasteiger partial charge in [-0.15, -0.1) is 0 Å². The number of benzene rings is 1. The van der Waals surface area contributed by atoms with Crippen molar-refractivity contribution >= 4 is 16.9 Å². The van der Waals surface area contributed by atoms with Crippen molar-refractivity contribution in [1.82, 2.24) is 5.32 Å². The van der Waals surface area contributed by atoms with Gasteiger partial charge >= 0.3 is 5.63 Å². The van der Waals surface area contributed by atoms with Gasteiger partial charge in [0.05, 0.1) is 23.6 Å². The zero-order chi connectivity index (χ0) is 19.6. The third-order valence-electron chi connectivity index (χ3n) is 4.49. The molecule has 0 aliphatic heterocycles. The number of nitrogens with one attached hydrogen (secondary N) is 1. The van der Waals surface area contributed by atoms with Crippen molar-refractivity contribution in [3.05, 3.63) is 57.8 Å². The Balaban J connectivity index is 1.73. The first-order valence-electron chi connectivity index (χ1n) is 8.65. The molecule has 0 saturated carbocycles. The molecule has 0 unspecified atom stereocenters. The molecule has 2 aromatic heterocycles. The number of phenols is 2. The summed E-state index contributed by atoms with van der Waals surface area (Å²) in [7, 11) is 0. The third-order valence-corrected chi connectivity index (χ3v) is 4.49. The Morgan fingerprint density at radius 2 is 2.07 bits per heavy atom. The molecule has 0 saturated heterocycles. The second-order valence-electron chi connectivity index (χ2n) is 6.59. The molecule has 1 amide bonds. The van der Waals surface area contributed by atoms with Crippen LogP contribution in [0, 0.1) is 6.92 Å². The fourth-order valence-corrected chi connectivity index (χ4v) is 3.09. The minimum atomic E-state index is -0.664. The predicted molar refractivity (Wildman–Crippen MR) is 98.9 cm³/mol. The Morgan fingerprint density at radius 1 is 1.30 bits per heavy atom. The van der Waals surface area contributed by atoms with Gasteiger partial charge in [-0.25, -0.2) is 4.79 Å². The molecule has 0 fully saturated rings. The topological polar surface area (TPSA) is 113 Å². The zero-order valence-corrected chi connectivity index (χ0v) is 15.1. The van der Waals surface area contributed by atoms with E-state index in [2.05, 4.69) is 5.32 Å². The summed E-state index contributed by atoms with van der Waals surface area (Å²) >= 11 is 0. The van der Waals surface area contributed by atoms with E-state index in [1.54, 1.807) is 13.2 Å². The van der Waals surface area contributed by atoms with Gasteiger partial charge in [-0.05, 0) is 38.0 Å². The van der Waals surface area contributed by atoms with E-state index in [0.29, 0.717) is 23.8 Å². The lowest BCUT2D eigenvalue weighted by Gasteiger charge is -2.14. The summed E-state index contributed by atoms with van der Waals surface area (Å²) in [6.07, 6.45) is 2.85. The molecule has 0 aliphatic carbocycles. The van der Waals surface area contributed by atoms with Crippen LogP contribution >= 0.6 is 0 Å². The molecule has 3 rings (SSSR count). The maximum Gasteiger partial charge on any atom is 0.340 e. The highest BCUT2D eigenvalue weighted by atomic mass is 16.4. The van der Waals surface area contributed by atoms with Crippen LogP contribution in [0.3, 0.4) is 0 Å². The summed E-state index contributed by atoms with van der Waals surface area (Å²) < 4.78 is 10.4. The van der Waals surface area contributed by atoms with Gasteiger partial charge < -0.3 is 24.4 Å². The first-order chi connectivity index (χ1) is 12.8. The Labute approximate surface area is 155 Å². The van der Waals surface area contributed by atoms with Gasteiger partial charge in [0.2, 0.25) is 5.91 Å². The minimum absolute atomic E-state index is 0.0750. The van der Waals surface area contributed by atoms with Crippen LogP contribution in [0.2, 0.25) is 0 Å². The molecular weight excluding hydrogens is 350 g/mol. The first-order valence-corrected chi connectivity index (χ1v) is 8.65. The molecular formula is C20H21NO6. The second-order valence-corrected chi connectivity index (χ2v) is 6.59. The van der Waals surface area contributed by atoms with Crippen molar-refractivity contribution < 1.29 is 23.8 Å². The molecule has 3 aromatic rings. The monoisotopic (exact) mass is 371 g/mol. The average Bonchev–Trinajstić information content (AvgIpc) is 3.09. The normalized spacial score (nSPS) is 12.2. The average molecular weight is 371 g/mol. The zero-order valence-electron chi connectivity index (χ0n) is 15.1. The summed E-state index contributed by atoms with van der Waals surface area (Å²) in [5.74, 6) is 0.119. The quantitative estimate of drug-likeness (QED) is 0.574. The van der Waals surface area contributed by atoms with Gasteiger partial charge in [-0.3, -0.25) is 4.79 Å². The number of fused-ring (bicyclic) bond motifs is 1. The molecule has 0 aliphatic rings. The fraction of sp³-hybridized carbons (Fsp3) is 0.300. The number of amides is 1. The van der Waals surface area contributed by atoms with Crippen LogP contribution in [0.1, 0.15) is 30.2 Å². The third kappa shape index (κ3) is 4.13. The molecule has 1 aromatic carbocycles. The predicted octanol–water partition coefficient (Wildman–Crippen LogP) is 2.79. The van der Waals surface area contributed by atoms with Crippen LogP contribution in [0.4, 0.5) is 0 Å². The summed E-state index contributed by atoms with van der Waals surface area (Å²) in [5, 5.41) is 22.7. The molecule has 0 spiro atoms.